The molecule has 0 aliphatic carbocycles. The number of thioether (sulfide) groups is 1. The van der Waals surface area contributed by atoms with Gasteiger partial charge in [-0.15, -0.1) is 0 Å². The standard InChI is InChI=1S/C23H29FN6O3S/c1-5-6-11-28-19(25)18(20(31)27-22(28)33)29(13-14(2)3)21(32)17-12-26-23(34-4)30(17)16-9-7-15(24)8-10-16/h7-10,12,14H,5-6,11,13,25H2,1-4H3,(H,27,31,33). The Kier molecular flexibility index (Phi) is 7.98. The summed E-state index contributed by atoms with van der Waals surface area (Å²) in [4.78, 5) is 47.1. The zero-order chi connectivity index (χ0) is 25.0. The molecule has 0 bridgehead atoms. The summed E-state index contributed by atoms with van der Waals surface area (Å²) in [6.45, 7) is 6.28. The molecule has 0 radical (unpaired) electrons. The van der Waals surface area contributed by atoms with E-state index < -0.39 is 23.0 Å². The van der Waals surface area contributed by atoms with Crippen molar-refractivity contribution in [1.82, 2.24) is 19.1 Å². The van der Waals surface area contributed by atoms with Gasteiger partial charge in [0.25, 0.3) is 11.5 Å². The fourth-order valence-electron chi connectivity index (χ4n) is 3.63. The van der Waals surface area contributed by atoms with Gasteiger partial charge < -0.3 is 5.73 Å². The highest BCUT2D eigenvalue weighted by molar-refractivity contribution is 7.98. The molecule has 0 unspecified atom stereocenters. The number of hydrogen-bond acceptors (Lipinski definition) is 6. The molecule has 0 fully saturated rings. The normalized spacial score (nSPS) is 11.2. The number of amides is 1. The van der Waals surface area contributed by atoms with Gasteiger partial charge in [0.05, 0.1) is 6.20 Å². The molecule has 34 heavy (non-hydrogen) atoms. The van der Waals surface area contributed by atoms with Crippen molar-refractivity contribution in [1.29, 1.82) is 0 Å². The highest BCUT2D eigenvalue weighted by Crippen LogP contribution is 2.26. The first-order chi connectivity index (χ1) is 16.2. The number of nitrogens with zero attached hydrogens (tertiary/aromatic N) is 4. The van der Waals surface area contributed by atoms with E-state index in [0.717, 1.165) is 6.42 Å². The lowest BCUT2D eigenvalue weighted by atomic mass is 10.2. The molecule has 0 saturated heterocycles. The summed E-state index contributed by atoms with van der Waals surface area (Å²) >= 11 is 1.32. The lowest BCUT2D eigenvalue weighted by Gasteiger charge is -2.26. The van der Waals surface area contributed by atoms with Crippen molar-refractivity contribution in [2.45, 2.75) is 45.3 Å². The van der Waals surface area contributed by atoms with Gasteiger partial charge in [0, 0.05) is 18.8 Å². The number of imidazole rings is 1. The van der Waals surface area contributed by atoms with Crippen LogP contribution in [0, 0.1) is 11.7 Å². The van der Waals surface area contributed by atoms with E-state index in [9.17, 15) is 18.8 Å². The number of anilines is 2. The third-order valence-electron chi connectivity index (χ3n) is 5.23. The molecule has 9 nitrogen and oxygen atoms in total. The quantitative estimate of drug-likeness (QED) is 0.446. The third kappa shape index (κ3) is 5.09. The van der Waals surface area contributed by atoms with E-state index in [1.54, 1.807) is 16.7 Å². The van der Waals surface area contributed by atoms with Crippen molar-refractivity contribution in [2.24, 2.45) is 5.92 Å². The Morgan fingerprint density at radius 1 is 1.26 bits per heavy atom. The predicted octanol–water partition coefficient (Wildman–Crippen LogP) is 3.27. The molecule has 3 rings (SSSR count). The number of nitrogens with one attached hydrogen (secondary N) is 1. The summed E-state index contributed by atoms with van der Waals surface area (Å²) in [7, 11) is 0. The minimum atomic E-state index is -0.734. The van der Waals surface area contributed by atoms with Gasteiger partial charge in [-0.25, -0.2) is 14.2 Å². The second-order valence-corrected chi connectivity index (χ2v) is 9.02. The number of nitrogens with two attached hydrogens (primary N) is 1. The van der Waals surface area contributed by atoms with Gasteiger partial charge in [-0.1, -0.05) is 39.0 Å². The maximum atomic E-state index is 13.9. The molecular weight excluding hydrogens is 459 g/mol. The maximum absolute atomic E-state index is 13.9. The number of aromatic nitrogens is 4. The fourth-order valence-corrected chi connectivity index (χ4v) is 4.17. The Balaban J connectivity index is 2.19. The molecule has 0 aliphatic heterocycles. The fraction of sp³-hybridized carbons (Fsp3) is 0.391. The van der Waals surface area contributed by atoms with Crippen LogP contribution in [-0.2, 0) is 6.54 Å². The molecule has 3 N–H and O–H groups in total. The van der Waals surface area contributed by atoms with Crippen LogP contribution in [-0.4, -0.2) is 37.8 Å². The highest BCUT2D eigenvalue weighted by Gasteiger charge is 2.29. The predicted molar refractivity (Wildman–Crippen MR) is 132 cm³/mol. The second-order valence-electron chi connectivity index (χ2n) is 8.25. The van der Waals surface area contributed by atoms with Crippen LogP contribution in [0.3, 0.4) is 0 Å². The van der Waals surface area contributed by atoms with Crippen LogP contribution in [0.2, 0.25) is 0 Å². The molecule has 0 spiro atoms. The van der Waals surface area contributed by atoms with E-state index in [4.69, 9.17) is 5.73 Å². The topological polar surface area (TPSA) is 119 Å². The summed E-state index contributed by atoms with van der Waals surface area (Å²) in [5.41, 5.74) is 5.60. The zero-order valence-electron chi connectivity index (χ0n) is 19.7. The van der Waals surface area contributed by atoms with Crippen LogP contribution in [0.15, 0.2) is 45.2 Å². The first-order valence-electron chi connectivity index (χ1n) is 11.0. The number of carbonyl (C=O) groups excluding carboxylic acids is 1. The minimum absolute atomic E-state index is 0.0130. The average molecular weight is 489 g/mol. The molecule has 1 amide bonds. The van der Waals surface area contributed by atoms with E-state index in [0.29, 0.717) is 23.8 Å². The van der Waals surface area contributed by atoms with E-state index >= 15 is 0 Å². The number of hydrogen-bond donors (Lipinski definition) is 2. The molecular formula is C23H29FN6O3S. The maximum Gasteiger partial charge on any atom is 0.330 e. The van der Waals surface area contributed by atoms with Crippen LogP contribution in [0.5, 0.6) is 0 Å². The first-order valence-corrected chi connectivity index (χ1v) is 12.2. The van der Waals surface area contributed by atoms with Crippen LogP contribution in [0.4, 0.5) is 15.9 Å². The highest BCUT2D eigenvalue weighted by atomic mass is 32.2. The van der Waals surface area contributed by atoms with Crippen molar-refractivity contribution in [3.63, 3.8) is 0 Å². The van der Waals surface area contributed by atoms with Gasteiger partial charge in [0.1, 0.15) is 17.3 Å². The van der Waals surface area contributed by atoms with Crippen molar-refractivity contribution in [3.05, 3.63) is 62.8 Å². The molecule has 11 heteroatoms. The molecule has 0 saturated carbocycles. The van der Waals surface area contributed by atoms with Crippen LogP contribution in [0.25, 0.3) is 5.69 Å². The van der Waals surface area contributed by atoms with E-state index in [-0.39, 0.29) is 29.7 Å². The van der Waals surface area contributed by atoms with Crippen molar-refractivity contribution in [2.75, 3.05) is 23.4 Å². The number of aromatic amines is 1. The molecule has 0 aliphatic rings. The van der Waals surface area contributed by atoms with E-state index in [2.05, 4.69) is 9.97 Å². The average Bonchev–Trinajstić information content (AvgIpc) is 3.22. The third-order valence-corrected chi connectivity index (χ3v) is 5.88. The largest absolute Gasteiger partial charge is 0.383 e. The Bertz CT molecular complexity index is 1280. The number of rotatable bonds is 9. The number of carbonyl (C=O) groups is 1. The van der Waals surface area contributed by atoms with Gasteiger partial charge in [0.2, 0.25) is 0 Å². The monoisotopic (exact) mass is 488 g/mol. The summed E-state index contributed by atoms with van der Waals surface area (Å²) in [6, 6.07) is 5.69. The van der Waals surface area contributed by atoms with Crippen molar-refractivity contribution in [3.8, 4) is 5.69 Å². The molecule has 182 valence electrons. The van der Waals surface area contributed by atoms with E-state index in [1.165, 1.54) is 39.6 Å². The van der Waals surface area contributed by atoms with Crippen LogP contribution in [0.1, 0.15) is 44.1 Å². The van der Waals surface area contributed by atoms with Gasteiger partial charge in [-0.3, -0.25) is 28.6 Å². The van der Waals surface area contributed by atoms with E-state index in [1.807, 2.05) is 27.0 Å². The number of H-pyrrole nitrogens is 1. The molecule has 2 aromatic heterocycles. The number of halogens is 1. The lowest BCUT2D eigenvalue weighted by Crippen LogP contribution is -2.43. The van der Waals surface area contributed by atoms with Crippen molar-refractivity contribution >= 4 is 29.2 Å². The Labute approximate surface area is 200 Å². The first kappa shape index (κ1) is 25.3. The van der Waals surface area contributed by atoms with Crippen LogP contribution >= 0.6 is 11.8 Å². The van der Waals surface area contributed by atoms with Crippen molar-refractivity contribution < 1.29 is 9.18 Å². The summed E-state index contributed by atoms with van der Waals surface area (Å²) in [6.07, 6.45) is 4.74. The number of unbranched alkanes of at least 4 members (excludes halogenated alkanes) is 1. The van der Waals surface area contributed by atoms with Gasteiger partial charge in [-0.2, -0.15) is 0 Å². The van der Waals surface area contributed by atoms with Crippen LogP contribution < -0.4 is 21.9 Å². The molecule has 1 aromatic carbocycles. The Morgan fingerprint density at radius 2 is 1.94 bits per heavy atom. The smallest absolute Gasteiger partial charge is 0.330 e. The lowest BCUT2D eigenvalue weighted by molar-refractivity contribution is 0.0976. The minimum Gasteiger partial charge on any atom is -0.383 e. The number of nitrogen functional groups attached to an aromatic ring is 1. The second kappa shape index (κ2) is 10.7. The van der Waals surface area contributed by atoms with Gasteiger partial charge >= 0.3 is 5.69 Å². The summed E-state index contributed by atoms with van der Waals surface area (Å²) in [5.74, 6) is -0.989. The van der Waals surface area contributed by atoms with Gasteiger partial charge in [-0.05, 0) is 42.9 Å². The van der Waals surface area contributed by atoms with Gasteiger partial charge in [0.15, 0.2) is 10.8 Å². The Morgan fingerprint density at radius 3 is 2.53 bits per heavy atom. The zero-order valence-corrected chi connectivity index (χ0v) is 20.5. The molecule has 0 atom stereocenters. The summed E-state index contributed by atoms with van der Waals surface area (Å²) < 4.78 is 16.4. The summed E-state index contributed by atoms with van der Waals surface area (Å²) in [5, 5.41) is 0.522. The molecule has 2 heterocycles. The SMILES string of the molecule is CCCCn1c(N)c(N(CC(C)C)C(=O)c2cnc(SC)n2-c2ccc(F)cc2)c(=O)[nH]c1=O. The number of benzene rings is 1. The molecule has 3 aromatic rings. The Hall–Kier alpha value is -3.34.